The van der Waals surface area contributed by atoms with Gasteiger partial charge in [-0.15, -0.1) is 0 Å². The maximum Gasteiger partial charge on any atom is 0.0325 e. The Morgan fingerprint density at radius 2 is 2.00 bits per heavy atom. The Bertz CT molecular complexity index is 110. The Labute approximate surface area is 93.1 Å². The third-order valence-electron chi connectivity index (χ3n) is 1.77. The zero-order valence-electron chi connectivity index (χ0n) is 7.73. The van der Waals surface area contributed by atoms with Crippen molar-refractivity contribution in [2.24, 2.45) is 0 Å². The molecule has 0 aromatic heterocycles. The largest absolute Gasteiger partial charge is 0.0883 e. The van der Waals surface area contributed by atoms with Crippen molar-refractivity contribution in [2.45, 2.75) is 43.9 Å². The van der Waals surface area contributed by atoms with Gasteiger partial charge in [-0.3, -0.25) is 0 Å². The Morgan fingerprint density at radius 3 is 2.58 bits per heavy atom. The summed E-state index contributed by atoms with van der Waals surface area (Å²) >= 11 is 6.99. The van der Waals surface area contributed by atoms with E-state index in [9.17, 15) is 0 Å². The van der Waals surface area contributed by atoms with E-state index < -0.39 is 0 Å². The van der Waals surface area contributed by atoms with E-state index in [1.165, 1.54) is 32.1 Å². The second-order valence-electron chi connectivity index (χ2n) is 2.95. The molecule has 0 bridgehead atoms. The van der Waals surface area contributed by atoms with Crippen molar-refractivity contribution in [3.63, 3.8) is 0 Å². The van der Waals surface area contributed by atoms with Crippen LogP contribution in [0.1, 0.15) is 39.0 Å². The van der Waals surface area contributed by atoms with E-state index in [1.54, 1.807) is 0 Å². The second-order valence-corrected chi connectivity index (χ2v) is 4.77. The molecule has 0 fully saturated rings. The third-order valence-corrected chi connectivity index (χ3v) is 2.90. The third kappa shape index (κ3) is 8.79. The number of allylic oxidation sites excluding steroid dienone is 2. The molecule has 0 saturated carbocycles. The van der Waals surface area contributed by atoms with Gasteiger partial charge in [-0.2, -0.15) is 0 Å². The molecule has 0 aliphatic rings. The fraction of sp³-hybridized carbons (Fsp3) is 0.800. The number of halogens is 2. The average Bonchev–Trinajstić information content (AvgIpc) is 2.09. The maximum atomic E-state index is 3.62. The van der Waals surface area contributed by atoms with Crippen molar-refractivity contribution in [2.75, 3.05) is 5.33 Å². The van der Waals surface area contributed by atoms with E-state index in [2.05, 4.69) is 50.9 Å². The van der Waals surface area contributed by atoms with Crippen LogP contribution in [0, 0.1) is 0 Å². The molecular weight excluding hydrogens is 280 g/mol. The van der Waals surface area contributed by atoms with E-state index in [4.69, 9.17) is 0 Å². The lowest BCUT2D eigenvalue weighted by Gasteiger charge is -2.02. The summed E-state index contributed by atoms with van der Waals surface area (Å²) < 4.78 is 0. The average molecular weight is 298 g/mol. The Hall–Kier alpha value is 0.700. The first-order chi connectivity index (χ1) is 5.81. The quantitative estimate of drug-likeness (QED) is 0.364. The molecule has 0 rings (SSSR count). The fourth-order valence-electron chi connectivity index (χ4n) is 1.06. The summed E-state index contributed by atoms with van der Waals surface area (Å²) in [4.78, 5) is 0.576. The van der Waals surface area contributed by atoms with Crippen LogP contribution in [0.4, 0.5) is 0 Å². The van der Waals surface area contributed by atoms with Gasteiger partial charge in [0, 0.05) is 10.2 Å². The van der Waals surface area contributed by atoms with Gasteiger partial charge in [0.05, 0.1) is 0 Å². The normalized spacial score (nSPS) is 13.9. The van der Waals surface area contributed by atoms with Gasteiger partial charge in [-0.1, -0.05) is 76.6 Å². The standard InChI is InChI=1S/C10H18Br2/c1-2-3-4-5-7-10(12)8-6-9-11/h6,8,10H,2-5,7,9H2,1H3. The van der Waals surface area contributed by atoms with E-state index in [0.29, 0.717) is 4.83 Å². The maximum absolute atomic E-state index is 3.62. The highest BCUT2D eigenvalue weighted by molar-refractivity contribution is 9.09. The minimum Gasteiger partial charge on any atom is -0.0883 e. The van der Waals surface area contributed by atoms with Crippen molar-refractivity contribution in [1.29, 1.82) is 0 Å². The predicted octanol–water partition coefficient (Wildman–Crippen LogP) is 4.67. The van der Waals surface area contributed by atoms with E-state index in [1.807, 2.05) is 0 Å². The second kappa shape index (κ2) is 9.79. The van der Waals surface area contributed by atoms with E-state index in [-0.39, 0.29) is 0 Å². The molecule has 0 aromatic carbocycles. The zero-order chi connectivity index (χ0) is 9.23. The van der Waals surface area contributed by atoms with Crippen LogP contribution in [0.15, 0.2) is 12.2 Å². The van der Waals surface area contributed by atoms with Crippen LogP contribution in [-0.2, 0) is 0 Å². The summed E-state index contributed by atoms with van der Waals surface area (Å²) in [5, 5.41) is 0.962. The minimum absolute atomic E-state index is 0.576. The van der Waals surface area contributed by atoms with Crippen molar-refractivity contribution >= 4 is 31.9 Å². The highest BCUT2D eigenvalue weighted by atomic mass is 79.9. The molecule has 0 radical (unpaired) electrons. The molecule has 1 atom stereocenters. The smallest absolute Gasteiger partial charge is 0.0325 e. The van der Waals surface area contributed by atoms with Crippen molar-refractivity contribution in [3.05, 3.63) is 12.2 Å². The lowest BCUT2D eigenvalue weighted by molar-refractivity contribution is 0.644. The van der Waals surface area contributed by atoms with E-state index >= 15 is 0 Å². The molecule has 2 heteroatoms. The summed E-state index contributed by atoms with van der Waals surface area (Å²) in [5.74, 6) is 0. The number of hydrogen-bond donors (Lipinski definition) is 0. The minimum atomic E-state index is 0.576. The summed E-state index contributed by atoms with van der Waals surface area (Å²) in [6.07, 6.45) is 11.1. The van der Waals surface area contributed by atoms with Gasteiger partial charge >= 0.3 is 0 Å². The number of hydrogen-bond acceptors (Lipinski definition) is 0. The SMILES string of the molecule is CCCCCCC(Br)C=CCBr. The molecule has 12 heavy (non-hydrogen) atoms. The van der Waals surface area contributed by atoms with Crippen LogP contribution in [0.25, 0.3) is 0 Å². The van der Waals surface area contributed by atoms with Crippen LogP contribution in [0.5, 0.6) is 0 Å². The molecule has 0 N–H and O–H groups in total. The highest BCUT2D eigenvalue weighted by Crippen LogP contribution is 2.13. The van der Waals surface area contributed by atoms with Gasteiger partial charge in [0.1, 0.15) is 0 Å². The lowest BCUT2D eigenvalue weighted by atomic mass is 10.1. The van der Waals surface area contributed by atoms with Gasteiger partial charge in [-0.25, -0.2) is 0 Å². The molecule has 0 aliphatic carbocycles. The molecule has 0 nitrogen and oxygen atoms in total. The van der Waals surface area contributed by atoms with Crippen molar-refractivity contribution < 1.29 is 0 Å². The first-order valence-corrected chi connectivity index (χ1v) is 6.71. The topological polar surface area (TPSA) is 0 Å². The lowest BCUT2D eigenvalue weighted by Crippen LogP contribution is -1.92. The van der Waals surface area contributed by atoms with Crippen molar-refractivity contribution in [3.8, 4) is 0 Å². The Morgan fingerprint density at radius 1 is 1.25 bits per heavy atom. The van der Waals surface area contributed by atoms with Gasteiger partial charge < -0.3 is 0 Å². The monoisotopic (exact) mass is 296 g/mol. The predicted molar refractivity (Wildman–Crippen MR) is 64.4 cm³/mol. The molecule has 1 unspecified atom stereocenters. The van der Waals surface area contributed by atoms with Crippen molar-refractivity contribution in [1.82, 2.24) is 0 Å². The molecule has 0 aliphatic heterocycles. The fourth-order valence-corrected chi connectivity index (χ4v) is 1.82. The number of rotatable bonds is 7. The molecule has 0 amide bonds. The van der Waals surface area contributed by atoms with Gasteiger partial charge in [0.2, 0.25) is 0 Å². The van der Waals surface area contributed by atoms with Crippen LogP contribution >= 0.6 is 31.9 Å². The number of alkyl halides is 2. The van der Waals surface area contributed by atoms with Crippen LogP contribution < -0.4 is 0 Å². The summed E-state index contributed by atoms with van der Waals surface area (Å²) in [5.41, 5.74) is 0. The van der Waals surface area contributed by atoms with Crippen LogP contribution in [0.3, 0.4) is 0 Å². The van der Waals surface area contributed by atoms with Crippen LogP contribution in [0.2, 0.25) is 0 Å². The molecule has 0 saturated heterocycles. The first kappa shape index (κ1) is 12.7. The van der Waals surface area contributed by atoms with Crippen LogP contribution in [-0.4, -0.2) is 10.2 Å². The summed E-state index contributed by atoms with van der Waals surface area (Å²) in [7, 11) is 0. The van der Waals surface area contributed by atoms with Gasteiger partial charge in [-0.05, 0) is 6.42 Å². The molecule has 0 spiro atoms. The zero-order valence-corrected chi connectivity index (χ0v) is 10.9. The Balaban J connectivity index is 3.19. The molecule has 0 heterocycles. The molecule has 0 aromatic rings. The van der Waals surface area contributed by atoms with E-state index in [0.717, 1.165) is 5.33 Å². The Kier molecular flexibility index (Phi) is 10.4. The molecule has 72 valence electrons. The molecular formula is C10H18Br2. The summed E-state index contributed by atoms with van der Waals surface area (Å²) in [6.45, 7) is 2.25. The summed E-state index contributed by atoms with van der Waals surface area (Å²) in [6, 6.07) is 0. The first-order valence-electron chi connectivity index (χ1n) is 4.68. The number of unbranched alkanes of at least 4 members (excludes halogenated alkanes) is 3. The van der Waals surface area contributed by atoms with Gasteiger partial charge in [0.25, 0.3) is 0 Å². The van der Waals surface area contributed by atoms with Gasteiger partial charge in [0.15, 0.2) is 0 Å². The highest BCUT2D eigenvalue weighted by Gasteiger charge is 1.97.